The van der Waals surface area contributed by atoms with Gasteiger partial charge < -0.3 is 36.1 Å². The molecule has 0 bridgehead atoms. The SMILES string of the molecule is CO[C@@H](C)C(=O)N[C@H](C(=O)N1C[C@H]2[C@@H]([C@H]1C(=O)N[C@@H](C[C@@H]1Oc3ccccc3NC1=O)C(N)=O)C2(C)C)C(C)(C)C. The number of amides is 5. The number of para-hydroxylation sites is 2. The van der Waals surface area contributed by atoms with Crippen molar-refractivity contribution in [3.05, 3.63) is 24.3 Å². The molecule has 12 nitrogen and oxygen atoms in total. The van der Waals surface area contributed by atoms with Crippen LogP contribution in [0, 0.1) is 22.7 Å². The van der Waals surface area contributed by atoms with Crippen LogP contribution in [0.25, 0.3) is 0 Å². The van der Waals surface area contributed by atoms with Crippen molar-refractivity contribution in [2.75, 3.05) is 19.0 Å². The zero-order valence-electron chi connectivity index (χ0n) is 24.6. The number of carbonyl (C=O) groups excluding carboxylic acids is 5. The van der Waals surface area contributed by atoms with Crippen LogP contribution in [0.1, 0.15) is 48.0 Å². The topological polar surface area (TPSA) is 169 Å². The van der Waals surface area contributed by atoms with Gasteiger partial charge in [-0.2, -0.15) is 0 Å². The maximum absolute atomic E-state index is 14.0. The minimum Gasteiger partial charge on any atom is -0.478 e. The van der Waals surface area contributed by atoms with Gasteiger partial charge in [0.25, 0.3) is 5.91 Å². The molecule has 0 aromatic heterocycles. The molecule has 1 aromatic rings. The van der Waals surface area contributed by atoms with Crippen LogP contribution in [0.5, 0.6) is 5.75 Å². The molecule has 4 rings (SSSR count). The van der Waals surface area contributed by atoms with Gasteiger partial charge in [-0.05, 0) is 41.7 Å². The lowest BCUT2D eigenvalue weighted by atomic mass is 9.85. The largest absolute Gasteiger partial charge is 0.478 e. The predicted octanol–water partition coefficient (Wildman–Crippen LogP) is 0.795. The minimum absolute atomic E-state index is 0.0763. The van der Waals surface area contributed by atoms with Crippen LogP contribution in [0.3, 0.4) is 0 Å². The van der Waals surface area contributed by atoms with Crippen LogP contribution >= 0.6 is 0 Å². The van der Waals surface area contributed by atoms with E-state index in [1.165, 1.54) is 12.0 Å². The summed E-state index contributed by atoms with van der Waals surface area (Å²) >= 11 is 0. The smallest absolute Gasteiger partial charge is 0.265 e. The van der Waals surface area contributed by atoms with Gasteiger partial charge in [0.2, 0.25) is 23.6 Å². The van der Waals surface area contributed by atoms with Gasteiger partial charge >= 0.3 is 0 Å². The number of benzene rings is 1. The third-order valence-electron chi connectivity index (χ3n) is 8.70. The summed E-state index contributed by atoms with van der Waals surface area (Å²) in [5.41, 5.74) is 5.31. The number of ether oxygens (including phenoxy) is 2. The number of rotatable bonds is 9. The molecule has 41 heavy (non-hydrogen) atoms. The number of anilines is 1. The van der Waals surface area contributed by atoms with E-state index in [9.17, 15) is 24.0 Å². The molecule has 1 saturated carbocycles. The Balaban J connectivity index is 1.54. The predicted molar refractivity (Wildman–Crippen MR) is 149 cm³/mol. The monoisotopic (exact) mass is 571 g/mol. The van der Waals surface area contributed by atoms with Crippen LogP contribution in [0.15, 0.2) is 24.3 Å². The lowest BCUT2D eigenvalue weighted by Crippen LogP contribution is -2.61. The number of nitrogens with one attached hydrogen (secondary N) is 3. The highest BCUT2D eigenvalue weighted by Crippen LogP contribution is 2.65. The first-order valence-electron chi connectivity index (χ1n) is 13.9. The molecule has 5 N–H and O–H groups in total. The van der Waals surface area contributed by atoms with Gasteiger partial charge in [-0.15, -0.1) is 0 Å². The fraction of sp³-hybridized carbons (Fsp3) is 0.621. The van der Waals surface area contributed by atoms with Crippen LogP contribution in [0.2, 0.25) is 0 Å². The number of nitrogens with zero attached hydrogens (tertiary/aromatic N) is 1. The van der Waals surface area contributed by atoms with Crippen LogP contribution < -0.4 is 26.4 Å². The van der Waals surface area contributed by atoms with E-state index in [1.807, 2.05) is 34.6 Å². The van der Waals surface area contributed by atoms with Crippen molar-refractivity contribution in [1.29, 1.82) is 0 Å². The molecule has 0 spiro atoms. The molecule has 1 aromatic carbocycles. The number of fused-ring (bicyclic) bond motifs is 2. The number of primary amides is 1. The van der Waals surface area contributed by atoms with E-state index in [4.69, 9.17) is 15.2 Å². The Bertz CT molecular complexity index is 1240. The molecule has 2 aliphatic heterocycles. The van der Waals surface area contributed by atoms with Crippen molar-refractivity contribution in [1.82, 2.24) is 15.5 Å². The summed E-state index contributed by atoms with van der Waals surface area (Å²) in [6.45, 7) is 11.5. The Hall–Kier alpha value is -3.67. The zero-order chi connectivity index (χ0) is 30.4. The quantitative estimate of drug-likeness (QED) is 0.340. The highest BCUT2D eigenvalue weighted by molar-refractivity contribution is 5.99. The Morgan fingerprint density at radius 3 is 2.46 bits per heavy atom. The Labute approximate surface area is 240 Å². The Kier molecular flexibility index (Phi) is 8.10. The molecule has 3 aliphatic rings. The summed E-state index contributed by atoms with van der Waals surface area (Å²) in [5, 5.41) is 8.24. The van der Waals surface area contributed by atoms with E-state index in [1.54, 1.807) is 31.2 Å². The highest BCUT2D eigenvalue weighted by atomic mass is 16.5. The molecule has 2 fully saturated rings. The molecule has 12 heteroatoms. The maximum atomic E-state index is 14.0. The van der Waals surface area contributed by atoms with E-state index in [2.05, 4.69) is 16.0 Å². The van der Waals surface area contributed by atoms with Crippen molar-refractivity contribution in [3.8, 4) is 5.75 Å². The second-order valence-electron chi connectivity index (χ2n) is 12.9. The molecular weight excluding hydrogens is 530 g/mol. The number of piperidine rings is 1. The lowest BCUT2D eigenvalue weighted by molar-refractivity contribution is -0.147. The third-order valence-corrected chi connectivity index (χ3v) is 8.70. The lowest BCUT2D eigenvalue weighted by Gasteiger charge is -2.38. The minimum atomic E-state index is -1.22. The molecule has 0 radical (unpaired) electrons. The summed E-state index contributed by atoms with van der Waals surface area (Å²) in [6, 6.07) is 3.87. The summed E-state index contributed by atoms with van der Waals surface area (Å²) < 4.78 is 10.9. The van der Waals surface area contributed by atoms with Crippen LogP contribution in [0.4, 0.5) is 5.69 Å². The molecule has 1 saturated heterocycles. The van der Waals surface area contributed by atoms with E-state index in [-0.39, 0.29) is 29.6 Å². The van der Waals surface area contributed by atoms with Crippen molar-refractivity contribution in [2.45, 2.75) is 78.3 Å². The molecule has 224 valence electrons. The van der Waals surface area contributed by atoms with Crippen LogP contribution in [-0.2, 0) is 28.7 Å². The van der Waals surface area contributed by atoms with Crippen molar-refractivity contribution >= 4 is 35.2 Å². The molecule has 1 aliphatic carbocycles. The number of nitrogens with two attached hydrogens (primary N) is 1. The van der Waals surface area contributed by atoms with Gasteiger partial charge in [-0.25, -0.2) is 0 Å². The summed E-state index contributed by atoms with van der Waals surface area (Å²) in [7, 11) is 1.41. The number of carbonyl (C=O) groups is 5. The van der Waals surface area contributed by atoms with Crippen molar-refractivity contribution < 1.29 is 33.4 Å². The Morgan fingerprint density at radius 1 is 1.20 bits per heavy atom. The molecule has 2 heterocycles. The van der Waals surface area contributed by atoms with E-state index < -0.39 is 59.4 Å². The summed E-state index contributed by atoms with van der Waals surface area (Å²) in [6.07, 6.45) is -2.01. The highest BCUT2D eigenvalue weighted by Gasteiger charge is 2.70. The summed E-state index contributed by atoms with van der Waals surface area (Å²) in [4.78, 5) is 67.1. The summed E-state index contributed by atoms with van der Waals surface area (Å²) in [5.74, 6) is -2.28. The van der Waals surface area contributed by atoms with Crippen molar-refractivity contribution in [3.63, 3.8) is 0 Å². The maximum Gasteiger partial charge on any atom is 0.265 e. The number of likely N-dealkylation sites (tertiary alicyclic amines) is 1. The van der Waals surface area contributed by atoms with Gasteiger partial charge in [-0.1, -0.05) is 46.8 Å². The second-order valence-corrected chi connectivity index (χ2v) is 12.9. The van der Waals surface area contributed by atoms with Gasteiger partial charge in [0.1, 0.15) is 30.0 Å². The first kappa shape index (κ1) is 30.3. The number of hydrogen-bond acceptors (Lipinski definition) is 7. The van der Waals surface area contributed by atoms with Gasteiger partial charge in [0.05, 0.1) is 5.69 Å². The molecule has 0 unspecified atom stereocenters. The third kappa shape index (κ3) is 5.88. The van der Waals surface area contributed by atoms with Gasteiger partial charge in [0.15, 0.2) is 6.10 Å². The standard InChI is InChI=1S/C29H41N5O7/c1-14(40-7)24(36)33-22(28(2,3)4)27(39)34-13-15-20(29(15,5)6)21(34)26(38)32-17(23(30)35)12-19-25(37)31-16-10-8-9-11-18(16)41-19/h8-11,14-15,17,19-22H,12-13H2,1-7H3,(H2,30,35)(H,31,37)(H,32,38)(H,33,36)/t14-,15-,17-,19-,20-,21-,22+/m0/s1. The number of methoxy groups -OCH3 is 1. The van der Waals surface area contributed by atoms with Crippen LogP contribution in [-0.4, -0.2) is 78.4 Å². The first-order valence-corrected chi connectivity index (χ1v) is 13.9. The zero-order valence-corrected chi connectivity index (χ0v) is 24.6. The van der Waals surface area contributed by atoms with E-state index in [0.717, 1.165) is 0 Å². The normalized spacial score (nSPS) is 26.3. The van der Waals surface area contributed by atoms with Crippen molar-refractivity contribution in [2.24, 2.45) is 28.4 Å². The second kappa shape index (κ2) is 11.0. The molecule has 5 amide bonds. The van der Waals surface area contributed by atoms with Gasteiger partial charge in [-0.3, -0.25) is 24.0 Å². The van der Waals surface area contributed by atoms with E-state index >= 15 is 0 Å². The van der Waals surface area contributed by atoms with Gasteiger partial charge in [0, 0.05) is 20.1 Å². The molecular formula is C29H41N5O7. The fourth-order valence-electron chi connectivity index (χ4n) is 5.96. The Morgan fingerprint density at radius 2 is 1.85 bits per heavy atom. The first-order chi connectivity index (χ1) is 19.1. The number of hydrogen-bond donors (Lipinski definition) is 4. The molecule has 7 atom stereocenters. The van der Waals surface area contributed by atoms with E-state index in [0.29, 0.717) is 18.0 Å². The average molecular weight is 572 g/mol. The average Bonchev–Trinajstić information content (AvgIpc) is 3.22. The fourth-order valence-corrected chi connectivity index (χ4v) is 5.96.